The van der Waals surface area contributed by atoms with Crippen molar-refractivity contribution in [1.82, 2.24) is 19.5 Å². The van der Waals surface area contributed by atoms with Crippen LogP contribution in [0.25, 0.3) is 11.2 Å². The standard InChI is InChI=1S/C17H27ClN5O4P/c1-10(2)26-28(24,27-11(3)4)9-25-17(6-12(17)5)7-23-8-20-13-14(18)21-16(19)22-15(13)23/h8,10-12H,6-7,9H2,1-5H3,(H2,19,21,22)/t12-,17+/m0/s1. The molecule has 2 heterocycles. The number of nitrogen functional groups attached to an aromatic ring is 1. The number of rotatable bonds is 9. The third kappa shape index (κ3) is 4.66. The van der Waals surface area contributed by atoms with E-state index in [1.165, 1.54) is 0 Å². The van der Waals surface area contributed by atoms with Gasteiger partial charge in [-0.15, -0.1) is 0 Å². The first-order valence-corrected chi connectivity index (χ1v) is 11.4. The van der Waals surface area contributed by atoms with Crippen molar-refractivity contribution >= 4 is 36.3 Å². The van der Waals surface area contributed by atoms with Crippen molar-refractivity contribution < 1.29 is 18.3 Å². The van der Waals surface area contributed by atoms with Crippen molar-refractivity contribution in [3.05, 3.63) is 11.5 Å². The van der Waals surface area contributed by atoms with Crippen LogP contribution >= 0.6 is 19.2 Å². The number of nitrogens with zero attached hydrogens (tertiary/aromatic N) is 4. The topological polar surface area (TPSA) is 114 Å². The normalized spacial score (nSPS) is 22.5. The Hall–Kier alpha value is -1.25. The molecule has 1 aliphatic rings. The summed E-state index contributed by atoms with van der Waals surface area (Å²) in [5.74, 6) is 0.351. The van der Waals surface area contributed by atoms with Gasteiger partial charge >= 0.3 is 7.60 Å². The monoisotopic (exact) mass is 431 g/mol. The van der Waals surface area contributed by atoms with E-state index in [4.69, 9.17) is 31.1 Å². The first-order valence-electron chi connectivity index (χ1n) is 9.27. The van der Waals surface area contributed by atoms with Crippen LogP contribution in [-0.2, 0) is 24.9 Å². The van der Waals surface area contributed by atoms with Crippen molar-refractivity contribution in [1.29, 1.82) is 0 Å². The van der Waals surface area contributed by atoms with Crippen LogP contribution in [-0.4, -0.2) is 43.7 Å². The van der Waals surface area contributed by atoms with E-state index >= 15 is 0 Å². The number of nitrogens with two attached hydrogens (primary N) is 1. The average molecular weight is 432 g/mol. The Bertz CT molecular complexity index is 891. The number of halogens is 1. The lowest BCUT2D eigenvalue weighted by Crippen LogP contribution is -2.26. The SMILES string of the molecule is CC(C)OP(=O)(CO[C@@]1(Cn2cnc3c(Cl)nc(N)nc32)C[C@@H]1C)OC(C)C. The molecule has 0 unspecified atom stereocenters. The maximum atomic E-state index is 13.1. The van der Waals surface area contributed by atoms with Crippen LogP contribution < -0.4 is 5.73 Å². The predicted molar refractivity (Wildman–Crippen MR) is 107 cm³/mol. The van der Waals surface area contributed by atoms with E-state index in [1.807, 2.05) is 32.3 Å². The van der Waals surface area contributed by atoms with Crippen LogP contribution in [0, 0.1) is 5.92 Å². The largest absolute Gasteiger partial charge is 0.368 e. The smallest absolute Gasteiger partial charge is 0.356 e. The quantitative estimate of drug-likeness (QED) is 0.470. The highest BCUT2D eigenvalue weighted by atomic mass is 35.5. The summed E-state index contributed by atoms with van der Waals surface area (Å²) in [5.41, 5.74) is 6.24. The van der Waals surface area contributed by atoms with Crippen LogP contribution in [0.1, 0.15) is 41.0 Å². The second-order valence-corrected chi connectivity index (χ2v) is 10.0. The highest BCUT2D eigenvalue weighted by molar-refractivity contribution is 7.53. The maximum absolute atomic E-state index is 13.1. The minimum Gasteiger partial charge on any atom is -0.368 e. The molecular formula is C17H27ClN5O4P. The first kappa shape index (κ1) is 21.5. The van der Waals surface area contributed by atoms with Gasteiger partial charge in [0.05, 0.1) is 30.7 Å². The van der Waals surface area contributed by atoms with Gasteiger partial charge in [0.1, 0.15) is 11.9 Å². The lowest BCUT2D eigenvalue weighted by atomic mass is 10.2. The molecule has 2 aromatic rings. The summed E-state index contributed by atoms with van der Waals surface area (Å²) >= 11 is 6.10. The number of anilines is 1. The van der Waals surface area contributed by atoms with Gasteiger partial charge in [0.25, 0.3) is 0 Å². The van der Waals surface area contributed by atoms with Gasteiger partial charge in [-0.2, -0.15) is 9.97 Å². The molecule has 0 aromatic carbocycles. The van der Waals surface area contributed by atoms with E-state index in [-0.39, 0.29) is 35.6 Å². The summed E-state index contributed by atoms with van der Waals surface area (Å²) in [7, 11) is -3.38. The number of hydrogen-bond acceptors (Lipinski definition) is 8. The fourth-order valence-electron chi connectivity index (χ4n) is 3.19. The van der Waals surface area contributed by atoms with Crippen molar-refractivity contribution in [3.63, 3.8) is 0 Å². The van der Waals surface area contributed by atoms with Gasteiger partial charge in [0.15, 0.2) is 10.8 Å². The molecule has 1 aliphatic carbocycles. The molecule has 0 aliphatic heterocycles. The molecule has 2 N–H and O–H groups in total. The summed E-state index contributed by atoms with van der Waals surface area (Å²) in [6.07, 6.45) is 1.86. The molecule has 0 saturated heterocycles. The zero-order valence-electron chi connectivity index (χ0n) is 16.8. The lowest BCUT2D eigenvalue weighted by Gasteiger charge is -2.26. The van der Waals surface area contributed by atoms with Crippen LogP contribution in [0.3, 0.4) is 0 Å². The van der Waals surface area contributed by atoms with Gasteiger partial charge in [-0.3, -0.25) is 4.57 Å². The molecule has 0 bridgehead atoms. The maximum Gasteiger partial charge on any atom is 0.356 e. The Morgan fingerprint density at radius 2 is 1.93 bits per heavy atom. The fraction of sp³-hybridized carbons (Fsp3) is 0.706. The molecule has 2 aromatic heterocycles. The van der Waals surface area contributed by atoms with Crippen molar-refractivity contribution in [2.24, 2.45) is 5.92 Å². The molecule has 9 nitrogen and oxygen atoms in total. The third-order valence-electron chi connectivity index (χ3n) is 4.52. The molecule has 1 saturated carbocycles. The van der Waals surface area contributed by atoms with Gasteiger partial charge in [0.2, 0.25) is 5.95 Å². The molecular weight excluding hydrogens is 405 g/mol. The summed E-state index contributed by atoms with van der Waals surface area (Å²) in [6.45, 7) is 9.82. The van der Waals surface area contributed by atoms with Gasteiger partial charge in [-0.05, 0) is 40.0 Å². The van der Waals surface area contributed by atoms with Crippen molar-refractivity contribution in [2.75, 3.05) is 12.1 Å². The number of ether oxygens (including phenoxy) is 1. The van der Waals surface area contributed by atoms with E-state index in [9.17, 15) is 4.57 Å². The Labute approximate surface area is 169 Å². The molecule has 156 valence electrons. The highest BCUT2D eigenvalue weighted by Crippen LogP contribution is 2.55. The highest BCUT2D eigenvalue weighted by Gasteiger charge is 2.54. The van der Waals surface area contributed by atoms with Gasteiger partial charge in [0, 0.05) is 0 Å². The van der Waals surface area contributed by atoms with Crippen LogP contribution in [0.15, 0.2) is 6.33 Å². The zero-order chi connectivity index (χ0) is 20.7. The fourth-order valence-corrected chi connectivity index (χ4v) is 5.28. The Balaban J connectivity index is 1.78. The van der Waals surface area contributed by atoms with E-state index in [0.29, 0.717) is 17.7 Å². The Morgan fingerprint density at radius 3 is 2.46 bits per heavy atom. The molecule has 0 radical (unpaired) electrons. The molecule has 11 heteroatoms. The number of aromatic nitrogens is 4. The summed E-state index contributed by atoms with van der Waals surface area (Å²) in [5, 5.41) is 0.209. The van der Waals surface area contributed by atoms with E-state index in [2.05, 4.69) is 21.9 Å². The van der Waals surface area contributed by atoms with E-state index in [0.717, 1.165) is 6.42 Å². The molecule has 2 atom stereocenters. The summed E-state index contributed by atoms with van der Waals surface area (Å²) < 4.78 is 32.2. The Morgan fingerprint density at radius 1 is 1.32 bits per heavy atom. The Kier molecular flexibility index (Phi) is 6.04. The van der Waals surface area contributed by atoms with Gasteiger partial charge in [-0.1, -0.05) is 18.5 Å². The van der Waals surface area contributed by atoms with Crippen LogP contribution in [0.4, 0.5) is 5.95 Å². The predicted octanol–water partition coefficient (Wildman–Crippen LogP) is 3.86. The molecule has 28 heavy (non-hydrogen) atoms. The second kappa shape index (κ2) is 7.88. The van der Waals surface area contributed by atoms with Crippen molar-refractivity contribution in [3.8, 4) is 0 Å². The first-order chi connectivity index (χ1) is 13.0. The third-order valence-corrected chi connectivity index (χ3v) is 6.71. The van der Waals surface area contributed by atoms with Gasteiger partial charge < -0.3 is 24.1 Å². The second-order valence-electron chi connectivity index (χ2n) is 7.78. The minimum atomic E-state index is -3.38. The van der Waals surface area contributed by atoms with E-state index in [1.54, 1.807) is 6.33 Å². The lowest BCUT2D eigenvalue weighted by molar-refractivity contribution is 0.0185. The van der Waals surface area contributed by atoms with Crippen LogP contribution in [0.5, 0.6) is 0 Å². The zero-order valence-corrected chi connectivity index (χ0v) is 18.4. The molecule has 0 spiro atoms. The van der Waals surface area contributed by atoms with Crippen LogP contribution in [0.2, 0.25) is 5.15 Å². The number of hydrogen-bond donors (Lipinski definition) is 1. The summed E-state index contributed by atoms with van der Waals surface area (Å²) in [6, 6.07) is 0. The molecule has 1 fully saturated rings. The van der Waals surface area contributed by atoms with Gasteiger partial charge in [-0.25, -0.2) is 4.98 Å². The average Bonchev–Trinajstić information content (AvgIpc) is 2.99. The van der Waals surface area contributed by atoms with E-state index < -0.39 is 13.2 Å². The minimum absolute atomic E-state index is 0.0817. The molecule has 3 rings (SSSR count). The van der Waals surface area contributed by atoms with Crippen molar-refractivity contribution in [2.45, 2.75) is 65.4 Å². The summed E-state index contributed by atoms with van der Waals surface area (Å²) in [4.78, 5) is 12.4. The molecule has 0 amide bonds. The number of fused-ring (bicyclic) bond motifs is 1. The number of imidazole rings is 1.